The summed E-state index contributed by atoms with van der Waals surface area (Å²) in [7, 11) is 1.59. The number of nitrogens with zero attached hydrogens (tertiary/aromatic N) is 1. The van der Waals surface area contributed by atoms with E-state index >= 15 is 0 Å². The first-order valence-corrected chi connectivity index (χ1v) is 9.72. The van der Waals surface area contributed by atoms with Gasteiger partial charge in [0.2, 0.25) is 5.91 Å². The van der Waals surface area contributed by atoms with Gasteiger partial charge in [-0.1, -0.05) is 29.8 Å². The Kier molecular flexibility index (Phi) is 8.07. The Labute approximate surface area is 172 Å². The first-order valence-electron chi connectivity index (χ1n) is 9.72. The van der Waals surface area contributed by atoms with Gasteiger partial charge in [0.25, 0.3) is 5.91 Å². The number of hydrogen-bond donors (Lipinski definition) is 1. The third-order valence-corrected chi connectivity index (χ3v) is 4.47. The summed E-state index contributed by atoms with van der Waals surface area (Å²) < 4.78 is 10.9. The Morgan fingerprint density at radius 3 is 2.34 bits per heavy atom. The van der Waals surface area contributed by atoms with Crippen LogP contribution in [0.25, 0.3) is 0 Å². The van der Waals surface area contributed by atoms with Crippen LogP contribution in [0, 0.1) is 6.92 Å². The number of amides is 2. The van der Waals surface area contributed by atoms with E-state index in [1.807, 2.05) is 69.3 Å². The van der Waals surface area contributed by atoms with E-state index in [0.29, 0.717) is 11.5 Å². The molecule has 1 unspecified atom stereocenters. The summed E-state index contributed by atoms with van der Waals surface area (Å²) in [6, 6.07) is 14.3. The van der Waals surface area contributed by atoms with Crippen molar-refractivity contribution in [3.05, 3.63) is 59.7 Å². The smallest absolute Gasteiger partial charge is 0.261 e. The number of benzene rings is 2. The Bertz CT molecular complexity index is 818. The van der Waals surface area contributed by atoms with Crippen LogP contribution in [0.2, 0.25) is 0 Å². The van der Waals surface area contributed by atoms with Crippen molar-refractivity contribution >= 4 is 11.8 Å². The summed E-state index contributed by atoms with van der Waals surface area (Å²) in [6.07, 6.45) is 0. The lowest BCUT2D eigenvalue weighted by atomic mass is 10.1. The standard InChI is InChI=1S/C23H30N2O4/c1-16(2)24-23(27)18(4)25(14-19-7-6-8-21(13-19)28-5)22(26)15-29-20-11-9-17(3)10-12-20/h6-13,16,18H,14-15H2,1-5H3,(H,24,27). The summed E-state index contributed by atoms with van der Waals surface area (Å²) in [5.41, 5.74) is 1.99. The fourth-order valence-corrected chi connectivity index (χ4v) is 2.82. The molecule has 0 spiro atoms. The second kappa shape index (κ2) is 10.5. The SMILES string of the molecule is COc1cccc(CN(C(=O)COc2ccc(C)cc2)C(C)C(=O)NC(C)C)c1. The molecule has 0 aliphatic carbocycles. The molecule has 6 nitrogen and oxygen atoms in total. The zero-order valence-electron chi connectivity index (χ0n) is 17.8. The summed E-state index contributed by atoms with van der Waals surface area (Å²) >= 11 is 0. The normalized spacial score (nSPS) is 11.7. The molecule has 0 saturated carbocycles. The van der Waals surface area contributed by atoms with Gasteiger partial charge in [0.05, 0.1) is 7.11 Å². The van der Waals surface area contributed by atoms with Crippen LogP contribution in [0.3, 0.4) is 0 Å². The van der Waals surface area contributed by atoms with Crippen molar-refractivity contribution in [2.24, 2.45) is 0 Å². The Morgan fingerprint density at radius 2 is 1.72 bits per heavy atom. The van der Waals surface area contributed by atoms with E-state index in [2.05, 4.69) is 5.32 Å². The Hall–Kier alpha value is -3.02. The third-order valence-electron chi connectivity index (χ3n) is 4.47. The minimum absolute atomic E-state index is 0.0115. The molecule has 2 aromatic carbocycles. The maximum Gasteiger partial charge on any atom is 0.261 e. The molecular weight excluding hydrogens is 368 g/mol. The Morgan fingerprint density at radius 1 is 1.03 bits per heavy atom. The topological polar surface area (TPSA) is 67.9 Å². The zero-order chi connectivity index (χ0) is 21.4. The molecule has 0 aromatic heterocycles. The van der Waals surface area contributed by atoms with Crippen molar-refractivity contribution < 1.29 is 19.1 Å². The number of ether oxygens (including phenoxy) is 2. The zero-order valence-corrected chi connectivity index (χ0v) is 17.8. The van der Waals surface area contributed by atoms with E-state index in [-0.39, 0.29) is 31.0 Å². The molecule has 1 atom stereocenters. The van der Waals surface area contributed by atoms with E-state index in [1.54, 1.807) is 14.0 Å². The molecule has 156 valence electrons. The van der Waals surface area contributed by atoms with Gasteiger partial charge in [-0.2, -0.15) is 0 Å². The lowest BCUT2D eigenvalue weighted by molar-refractivity contribution is -0.142. The van der Waals surface area contributed by atoms with E-state index in [9.17, 15) is 9.59 Å². The molecule has 0 aliphatic rings. The fraction of sp³-hybridized carbons (Fsp3) is 0.391. The van der Waals surface area contributed by atoms with E-state index in [4.69, 9.17) is 9.47 Å². The van der Waals surface area contributed by atoms with Gasteiger partial charge < -0.3 is 19.7 Å². The minimum Gasteiger partial charge on any atom is -0.497 e. The van der Waals surface area contributed by atoms with Crippen LogP contribution in [0.5, 0.6) is 11.5 Å². The largest absolute Gasteiger partial charge is 0.497 e. The average molecular weight is 399 g/mol. The highest BCUT2D eigenvalue weighted by Gasteiger charge is 2.27. The highest BCUT2D eigenvalue weighted by molar-refractivity contribution is 5.88. The highest BCUT2D eigenvalue weighted by Crippen LogP contribution is 2.17. The number of hydrogen-bond acceptors (Lipinski definition) is 4. The predicted molar refractivity (Wildman–Crippen MR) is 113 cm³/mol. The second-order valence-electron chi connectivity index (χ2n) is 7.31. The molecule has 29 heavy (non-hydrogen) atoms. The first-order chi connectivity index (χ1) is 13.8. The minimum atomic E-state index is -0.641. The van der Waals surface area contributed by atoms with Gasteiger partial charge in [-0.3, -0.25) is 9.59 Å². The summed E-state index contributed by atoms with van der Waals surface area (Å²) in [6.45, 7) is 7.62. The molecule has 0 bridgehead atoms. The van der Waals surface area contributed by atoms with Gasteiger partial charge in [-0.05, 0) is 57.5 Å². The quantitative estimate of drug-likeness (QED) is 0.704. The first kappa shape index (κ1) is 22.3. The average Bonchev–Trinajstić information content (AvgIpc) is 2.70. The number of methoxy groups -OCH3 is 1. The van der Waals surface area contributed by atoms with Crippen LogP contribution < -0.4 is 14.8 Å². The van der Waals surface area contributed by atoms with Crippen LogP contribution in [0.4, 0.5) is 0 Å². The van der Waals surface area contributed by atoms with Crippen molar-refractivity contribution in [1.29, 1.82) is 0 Å². The molecule has 0 saturated heterocycles. The van der Waals surface area contributed by atoms with Crippen LogP contribution in [0.15, 0.2) is 48.5 Å². The second-order valence-corrected chi connectivity index (χ2v) is 7.31. The lowest BCUT2D eigenvalue weighted by Gasteiger charge is -2.29. The van der Waals surface area contributed by atoms with Crippen molar-refractivity contribution in [3.63, 3.8) is 0 Å². The van der Waals surface area contributed by atoms with Crippen molar-refractivity contribution in [2.75, 3.05) is 13.7 Å². The van der Waals surface area contributed by atoms with Crippen molar-refractivity contribution in [2.45, 2.75) is 46.3 Å². The molecule has 0 fully saturated rings. The van der Waals surface area contributed by atoms with E-state index in [0.717, 1.165) is 11.1 Å². The monoisotopic (exact) mass is 398 g/mol. The number of nitrogens with one attached hydrogen (secondary N) is 1. The van der Waals surface area contributed by atoms with E-state index < -0.39 is 6.04 Å². The maximum atomic E-state index is 13.0. The van der Waals surface area contributed by atoms with Crippen LogP contribution in [-0.4, -0.2) is 42.5 Å². The van der Waals surface area contributed by atoms with Crippen molar-refractivity contribution in [1.82, 2.24) is 10.2 Å². The third kappa shape index (κ3) is 6.82. The lowest BCUT2D eigenvalue weighted by Crippen LogP contribution is -2.50. The molecule has 6 heteroatoms. The van der Waals surface area contributed by atoms with Gasteiger partial charge in [-0.25, -0.2) is 0 Å². The van der Waals surface area contributed by atoms with Gasteiger partial charge in [-0.15, -0.1) is 0 Å². The van der Waals surface area contributed by atoms with Crippen LogP contribution in [0.1, 0.15) is 31.9 Å². The van der Waals surface area contributed by atoms with Gasteiger partial charge in [0.1, 0.15) is 17.5 Å². The summed E-state index contributed by atoms with van der Waals surface area (Å²) in [4.78, 5) is 27.0. The molecule has 1 N–H and O–H groups in total. The predicted octanol–water partition coefficient (Wildman–Crippen LogP) is 3.32. The summed E-state index contributed by atoms with van der Waals surface area (Å²) in [5, 5.41) is 2.87. The van der Waals surface area contributed by atoms with Gasteiger partial charge >= 0.3 is 0 Å². The van der Waals surface area contributed by atoms with Crippen LogP contribution in [-0.2, 0) is 16.1 Å². The molecule has 0 aliphatic heterocycles. The maximum absolute atomic E-state index is 13.0. The number of rotatable bonds is 9. The number of carbonyl (C=O) groups excluding carboxylic acids is 2. The Balaban J connectivity index is 2.16. The summed E-state index contributed by atoms with van der Waals surface area (Å²) in [5.74, 6) is 0.848. The molecule has 0 heterocycles. The molecular formula is C23H30N2O4. The number of carbonyl (C=O) groups is 2. The fourth-order valence-electron chi connectivity index (χ4n) is 2.82. The number of aryl methyl sites for hydroxylation is 1. The van der Waals surface area contributed by atoms with Gasteiger partial charge in [0, 0.05) is 12.6 Å². The van der Waals surface area contributed by atoms with Gasteiger partial charge in [0.15, 0.2) is 6.61 Å². The van der Waals surface area contributed by atoms with Crippen LogP contribution >= 0.6 is 0 Å². The molecule has 0 radical (unpaired) electrons. The molecule has 2 amide bonds. The molecule has 2 rings (SSSR count). The molecule has 2 aromatic rings. The van der Waals surface area contributed by atoms with Crippen molar-refractivity contribution in [3.8, 4) is 11.5 Å². The highest BCUT2D eigenvalue weighted by atomic mass is 16.5. The van der Waals surface area contributed by atoms with E-state index in [1.165, 1.54) is 4.90 Å².